The largest absolute Gasteiger partial charge is 0.331 e. The van der Waals surface area contributed by atoms with Crippen molar-refractivity contribution in [2.75, 3.05) is 0 Å². The monoisotopic (exact) mass is 387 g/mol. The Kier molecular flexibility index (Phi) is 4.56. The van der Waals surface area contributed by atoms with E-state index in [1.807, 2.05) is 12.1 Å². The van der Waals surface area contributed by atoms with Crippen LogP contribution >= 0.6 is 0 Å². The van der Waals surface area contributed by atoms with Crippen molar-refractivity contribution in [3.8, 4) is 0 Å². The standard InChI is InChI=1S/C22H17N3O4/c1-14(26)24-13-16(17-9-5-6-10-19(17)24)11-18-20(27)23-22(29)25(21(18)28)12-15-7-3-2-4-8-15/h2-11,13H,12H2,1H3,(H,23,27,29). The van der Waals surface area contributed by atoms with Crippen LogP contribution in [0.4, 0.5) is 4.79 Å². The van der Waals surface area contributed by atoms with Crippen LogP contribution in [0.5, 0.6) is 0 Å². The second kappa shape index (κ2) is 7.20. The number of nitrogens with zero attached hydrogens (tertiary/aromatic N) is 2. The number of benzene rings is 2. The number of hydrogen-bond acceptors (Lipinski definition) is 4. The molecular weight excluding hydrogens is 370 g/mol. The van der Waals surface area contributed by atoms with Crippen molar-refractivity contribution in [1.82, 2.24) is 14.8 Å². The van der Waals surface area contributed by atoms with Crippen LogP contribution in [0.1, 0.15) is 22.8 Å². The Morgan fingerprint density at radius 2 is 1.69 bits per heavy atom. The van der Waals surface area contributed by atoms with Gasteiger partial charge in [-0.1, -0.05) is 48.5 Å². The molecule has 1 saturated heterocycles. The summed E-state index contributed by atoms with van der Waals surface area (Å²) in [5, 5.41) is 2.94. The Labute approximate surface area is 166 Å². The number of nitrogens with one attached hydrogen (secondary N) is 1. The Morgan fingerprint density at radius 3 is 2.41 bits per heavy atom. The average molecular weight is 387 g/mol. The Bertz CT molecular complexity index is 1190. The third-order valence-electron chi connectivity index (χ3n) is 4.75. The van der Waals surface area contributed by atoms with Crippen molar-refractivity contribution < 1.29 is 19.2 Å². The lowest BCUT2D eigenvalue weighted by atomic mass is 10.1. The van der Waals surface area contributed by atoms with Crippen LogP contribution in [0.2, 0.25) is 0 Å². The molecule has 144 valence electrons. The molecule has 0 aliphatic carbocycles. The minimum Gasteiger partial charge on any atom is -0.287 e. The van der Waals surface area contributed by atoms with Crippen molar-refractivity contribution in [2.45, 2.75) is 13.5 Å². The normalized spacial score (nSPS) is 15.8. The van der Waals surface area contributed by atoms with Gasteiger partial charge in [-0.3, -0.25) is 29.2 Å². The first-order valence-electron chi connectivity index (χ1n) is 8.99. The number of fused-ring (bicyclic) bond motifs is 1. The summed E-state index contributed by atoms with van der Waals surface area (Å²) in [6.45, 7) is 1.48. The predicted molar refractivity (Wildman–Crippen MR) is 107 cm³/mol. The molecular formula is C22H17N3O4. The Morgan fingerprint density at radius 1 is 1.00 bits per heavy atom. The third-order valence-corrected chi connectivity index (χ3v) is 4.75. The Hall–Kier alpha value is -4.00. The molecule has 4 amide bonds. The summed E-state index contributed by atoms with van der Waals surface area (Å²) >= 11 is 0. The molecule has 1 aromatic heterocycles. The molecule has 2 heterocycles. The molecule has 1 aliphatic rings. The second-order valence-corrected chi connectivity index (χ2v) is 6.68. The van der Waals surface area contributed by atoms with E-state index in [0.29, 0.717) is 11.1 Å². The fourth-order valence-corrected chi connectivity index (χ4v) is 3.34. The summed E-state index contributed by atoms with van der Waals surface area (Å²) in [5.74, 6) is -1.63. The lowest BCUT2D eigenvalue weighted by Crippen LogP contribution is -2.53. The fraction of sp³-hybridized carbons (Fsp3) is 0.0909. The summed E-state index contributed by atoms with van der Waals surface area (Å²) < 4.78 is 1.46. The van der Waals surface area contributed by atoms with E-state index in [-0.39, 0.29) is 18.0 Å². The van der Waals surface area contributed by atoms with Gasteiger partial charge in [0, 0.05) is 24.1 Å². The highest BCUT2D eigenvalue weighted by molar-refractivity contribution is 6.31. The lowest BCUT2D eigenvalue weighted by molar-refractivity contribution is -0.130. The summed E-state index contributed by atoms with van der Waals surface area (Å²) in [7, 11) is 0. The average Bonchev–Trinajstić information content (AvgIpc) is 3.08. The molecule has 1 N–H and O–H groups in total. The number of barbiturate groups is 1. The molecule has 0 saturated carbocycles. The third kappa shape index (κ3) is 3.34. The van der Waals surface area contributed by atoms with Gasteiger partial charge in [-0.25, -0.2) is 4.79 Å². The molecule has 1 aliphatic heterocycles. The molecule has 0 spiro atoms. The maximum atomic E-state index is 12.9. The number of carbonyl (C=O) groups excluding carboxylic acids is 4. The van der Waals surface area contributed by atoms with E-state index in [4.69, 9.17) is 0 Å². The number of urea groups is 1. The van der Waals surface area contributed by atoms with Crippen molar-refractivity contribution >= 4 is 40.7 Å². The maximum Gasteiger partial charge on any atom is 0.331 e. The van der Waals surface area contributed by atoms with Crippen molar-refractivity contribution in [3.05, 3.63) is 77.5 Å². The van der Waals surface area contributed by atoms with E-state index >= 15 is 0 Å². The number of carbonyl (C=O) groups is 4. The Balaban J connectivity index is 1.76. The molecule has 4 rings (SSSR count). The number of amides is 4. The van der Waals surface area contributed by atoms with E-state index in [0.717, 1.165) is 15.8 Å². The zero-order chi connectivity index (χ0) is 20.5. The van der Waals surface area contributed by atoms with Gasteiger partial charge in [-0.2, -0.15) is 0 Å². The fourth-order valence-electron chi connectivity index (χ4n) is 3.34. The van der Waals surface area contributed by atoms with Crippen LogP contribution in [0, 0.1) is 0 Å². The molecule has 0 radical (unpaired) electrons. The first-order chi connectivity index (χ1) is 14.0. The van der Waals surface area contributed by atoms with E-state index in [1.165, 1.54) is 17.6 Å². The summed E-state index contributed by atoms with van der Waals surface area (Å²) in [4.78, 5) is 50.5. The van der Waals surface area contributed by atoms with Crippen molar-refractivity contribution in [1.29, 1.82) is 0 Å². The SMILES string of the molecule is CC(=O)n1cc(C=C2C(=O)NC(=O)N(Cc3ccccc3)C2=O)c2ccccc21. The molecule has 0 unspecified atom stereocenters. The van der Waals surface area contributed by atoms with Crippen molar-refractivity contribution in [2.24, 2.45) is 0 Å². The highest BCUT2D eigenvalue weighted by atomic mass is 16.2. The summed E-state index contributed by atoms with van der Waals surface area (Å²) in [5.41, 5.74) is 1.82. The van der Waals surface area contributed by atoms with Gasteiger partial charge in [-0.15, -0.1) is 0 Å². The smallest absolute Gasteiger partial charge is 0.287 e. The molecule has 7 nitrogen and oxygen atoms in total. The van der Waals surface area contributed by atoms with E-state index in [1.54, 1.807) is 48.7 Å². The first-order valence-corrected chi connectivity index (χ1v) is 8.99. The van der Waals surface area contributed by atoms with Crippen LogP contribution < -0.4 is 5.32 Å². The van der Waals surface area contributed by atoms with Gasteiger partial charge >= 0.3 is 6.03 Å². The van der Waals surface area contributed by atoms with Crippen LogP contribution in [-0.2, 0) is 16.1 Å². The van der Waals surface area contributed by atoms with E-state index in [2.05, 4.69) is 5.32 Å². The molecule has 0 bridgehead atoms. The number of para-hydroxylation sites is 1. The van der Waals surface area contributed by atoms with Crippen LogP contribution in [0.15, 0.2) is 66.4 Å². The van der Waals surface area contributed by atoms with Crippen molar-refractivity contribution in [3.63, 3.8) is 0 Å². The highest BCUT2D eigenvalue weighted by Crippen LogP contribution is 2.25. The molecule has 0 atom stereocenters. The quantitative estimate of drug-likeness (QED) is 0.553. The number of rotatable bonds is 3. The second-order valence-electron chi connectivity index (χ2n) is 6.68. The molecule has 2 aromatic carbocycles. The van der Waals surface area contributed by atoms with Gasteiger partial charge in [0.25, 0.3) is 11.8 Å². The van der Waals surface area contributed by atoms with Gasteiger partial charge in [0.15, 0.2) is 0 Å². The summed E-state index contributed by atoms with van der Waals surface area (Å²) in [6.07, 6.45) is 3.00. The molecule has 7 heteroatoms. The number of imide groups is 2. The van der Waals surface area contributed by atoms with Crippen LogP contribution in [0.25, 0.3) is 17.0 Å². The lowest BCUT2D eigenvalue weighted by Gasteiger charge is -2.26. The predicted octanol–water partition coefficient (Wildman–Crippen LogP) is 2.96. The number of hydrogen-bond donors (Lipinski definition) is 1. The number of aromatic nitrogens is 1. The van der Waals surface area contributed by atoms with E-state index in [9.17, 15) is 19.2 Å². The van der Waals surface area contributed by atoms with Gasteiger partial charge in [0.2, 0.25) is 5.91 Å². The topological polar surface area (TPSA) is 88.5 Å². The van der Waals surface area contributed by atoms with Gasteiger partial charge in [0.1, 0.15) is 5.57 Å². The minimum absolute atomic E-state index is 0.0470. The van der Waals surface area contributed by atoms with Crippen LogP contribution in [0.3, 0.4) is 0 Å². The highest BCUT2D eigenvalue weighted by Gasteiger charge is 2.35. The first kappa shape index (κ1) is 18.4. The van der Waals surface area contributed by atoms with Crippen LogP contribution in [-0.4, -0.2) is 33.2 Å². The van der Waals surface area contributed by atoms with Gasteiger partial charge < -0.3 is 0 Å². The molecule has 3 aromatic rings. The maximum absolute atomic E-state index is 12.9. The minimum atomic E-state index is -0.760. The molecule has 1 fully saturated rings. The zero-order valence-corrected chi connectivity index (χ0v) is 15.6. The zero-order valence-electron chi connectivity index (χ0n) is 15.6. The van der Waals surface area contributed by atoms with Gasteiger partial charge in [0.05, 0.1) is 12.1 Å². The molecule has 29 heavy (non-hydrogen) atoms. The summed E-state index contributed by atoms with van der Waals surface area (Å²) in [6, 6.07) is 15.5. The van der Waals surface area contributed by atoms with E-state index < -0.39 is 17.8 Å². The van der Waals surface area contributed by atoms with Gasteiger partial charge in [-0.05, 0) is 17.7 Å².